The molecule has 0 unspecified atom stereocenters. The molecule has 2 aromatic carbocycles. The summed E-state index contributed by atoms with van der Waals surface area (Å²) in [5.74, 6) is -0.917. The third-order valence-electron chi connectivity index (χ3n) is 4.62. The topological polar surface area (TPSA) is 78.5 Å². The van der Waals surface area contributed by atoms with Gasteiger partial charge in [0, 0.05) is 10.7 Å². The smallest absolute Gasteiger partial charge is 0.325 e. The number of hydrogen-bond donors (Lipinski definition) is 2. The summed E-state index contributed by atoms with van der Waals surface area (Å²) >= 11 is 5.89. The van der Waals surface area contributed by atoms with Gasteiger partial charge in [0.2, 0.25) is 5.91 Å². The van der Waals surface area contributed by atoms with Crippen LogP contribution in [0.15, 0.2) is 48.5 Å². The van der Waals surface area contributed by atoms with Crippen molar-refractivity contribution >= 4 is 35.1 Å². The van der Waals surface area contributed by atoms with Crippen LogP contribution in [-0.4, -0.2) is 29.3 Å². The normalized spacial score (nSPS) is 19.1. The fourth-order valence-corrected chi connectivity index (χ4v) is 3.16. The van der Waals surface area contributed by atoms with Crippen LogP contribution in [0.25, 0.3) is 0 Å². The Bertz CT molecular complexity index is 898. The van der Waals surface area contributed by atoms with E-state index >= 15 is 0 Å². The summed E-state index contributed by atoms with van der Waals surface area (Å²) in [5, 5.41) is 5.93. The van der Waals surface area contributed by atoms with Crippen molar-refractivity contribution in [3.63, 3.8) is 0 Å². The van der Waals surface area contributed by atoms with E-state index in [4.69, 9.17) is 11.6 Å². The van der Waals surface area contributed by atoms with Gasteiger partial charge in [-0.1, -0.05) is 42.8 Å². The zero-order chi connectivity index (χ0) is 19.6. The average molecular weight is 386 g/mol. The first-order valence-corrected chi connectivity index (χ1v) is 9.00. The maximum Gasteiger partial charge on any atom is 0.325 e. The number of rotatable bonds is 5. The average Bonchev–Trinajstić information content (AvgIpc) is 2.86. The second kappa shape index (κ2) is 7.40. The van der Waals surface area contributed by atoms with E-state index in [-0.39, 0.29) is 6.54 Å². The van der Waals surface area contributed by atoms with Gasteiger partial charge in [0.25, 0.3) is 5.91 Å². The Hall–Kier alpha value is -2.86. The van der Waals surface area contributed by atoms with Gasteiger partial charge in [-0.25, -0.2) is 4.79 Å². The molecule has 1 fully saturated rings. The predicted molar refractivity (Wildman–Crippen MR) is 103 cm³/mol. The highest BCUT2D eigenvalue weighted by Gasteiger charge is 2.49. The van der Waals surface area contributed by atoms with E-state index in [1.54, 1.807) is 37.3 Å². The molecule has 2 N–H and O–H groups in total. The molecule has 1 saturated heterocycles. The number of benzene rings is 2. The van der Waals surface area contributed by atoms with E-state index in [0.717, 1.165) is 16.9 Å². The Balaban J connectivity index is 1.73. The molecule has 27 heavy (non-hydrogen) atoms. The van der Waals surface area contributed by atoms with E-state index in [1.807, 2.05) is 25.1 Å². The molecule has 3 rings (SSSR count). The van der Waals surface area contributed by atoms with Gasteiger partial charge in [-0.15, -0.1) is 0 Å². The molecule has 140 valence electrons. The minimum atomic E-state index is -1.23. The van der Waals surface area contributed by atoms with Crippen molar-refractivity contribution in [3.8, 4) is 0 Å². The minimum Gasteiger partial charge on any atom is -0.325 e. The third-order valence-corrected chi connectivity index (χ3v) is 4.87. The summed E-state index contributed by atoms with van der Waals surface area (Å²) in [6.45, 7) is 3.27. The lowest BCUT2D eigenvalue weighted by atomic mass is 9.92. The fraction of sp³-hybridized carbons (Fsp3) is 0.250. The van der Waals surface area contributed by atoms with Crippen LogP contribution >= 0.6 is 11.6 Å². The molecule has 1 aliphatic heterocycles. The largest absolute Gasteiger partial charge is 0.325 e. The van der Waals surface area contributed by atoms with Gasteiger partial charge in [-0.05, 0) is 48.7 Å². The van der Waals surface area contributed by atoms with Crippen molar-refractivity contribution < 1.29 is 14.4 Å². The van der Waals surface area contributed by atoms with E-state index in [0.29, 0.717) is 16.3 Å². The van der Waals surface area contributed by atoms with Gasteiger partial charge in [-0.3, -0.25) is 14.5 Å². The van der Waals surface area contributed by atoms with Gasteiger partial charge in [-0.2, -0.15) is 0 Å². The van der Waals surface area contributed by atoms with E-state index in [2.05, 4.69) is 10.6 Å². The van der Waals surface area contributed by atoms with E-state index < -0.39 is 23.4 Å². The summed E-state index contributed by atoms with van der Waals surface area (Å²) in [6, 6.07) is 13.5. The Kier molecular flexibility index (Phi) is 5.19. The molecular weight excluding hydrogens is 366 g/mol. The molecule has 1 aliphatic rings. The van der Waals surface area contributed by atoms with Crippen LogP contribution in [-0.2, 0) is 21.5 Å². The first-order chi connectivity index (χ1) is 12.8. The van der Waals surface area contributed by atoms with Gasteiger partial charge < -0.3 is 10.6 Å². The number of hydrogen-bond acceptors (Lipinski definition) is 3. The number of nitrogens with zero attached hydrogens (tertiary/aromatic N) is 1. The molecule has 1 atom stereocenters. The highest BCUT2D eigenvalue weighted by molar-refractivity contribution is 6.30. The molecule has 2 aromatic rings. The van der Waals surface area contributed by atoms with Crippen LogP contribution in [0.2, 0.25) is 5.02 Å². The van der Waals surface area contributed by atoms with Crippen molar-refractivity contribution in [2.45, 2.75) is 25.8 Å². The van der Waals surface area contributed by atoms with Gasteiger partial charge in [0.15, 0.2) is 0 Å². The lowest BCUT2D eigenvalue weighted by Gasteiger charge is -2.22. The SMILES string of the molecule is CCc1cccc(NC(=O)CN2C(=O)N[C@](C)(c3ccc(Cl)cc3)C2=O)c1. The maximum absolute atomic E-state index is 12.8. The molecule has 4 amide bonds. The number of carbonyl (C=O) groups is 3. The zero-order valence-electron chi connectivity index (χ0n) is 15.1. The van der Waals surface area contributed by atoms with Crippen molar-refractivity contribution in [2.75, 3.05) is 11.9 Å². The molecule has 0 saturated carbocycles. The molecule has 6 nitrogen and oxygen atoms in total. The van der Waals surface area contributed by atoms with Crippen LogP contribution < -0.4 is 10.6 Å². The van der Waals surface area contributed by atoms with Crippen LogP contribution in [0.4, 0.5) is 10.5 Å². The van der Waals surface area contributed by atoms with Crippen molar-refractivity contribution in [1.29, 1.82) is 0 Å². The van der Waals surface area contributed by atoms with E-state index in [9.17, 15) is 14.4 Å². The number of urea groups is 1. The summed E-state index contributed by atoms with van der Waals surface area (Å²) < 4.78 is 0. The minimum absolute atomic E-state index is 0.357. The lowest BCUT2D eigenvalue weighted by molar-refractivity contribution is -0.133. The molecule has 0 bridgehead atoms. The summed E-state index contributed by atoms with van der Waals surface area (Å²) in [6.07, 6.45) is 0.843. The second-order valence-corrected chi connectivity index (χ2v) is 6.99. The number of amides is 4. The Morgan fingerprint density at radius 3 is 2.56 bits per heavy atom. The number of anilines is 1. The molecule has 0 aromatic heterocycles. The molecule has 0 radical (unpaired) electrons. The first-order valence-electron chi connectivity index (χ1n) is 8.62. The van der Waals surface area contributed by atoms with Crippen molar-refractivity contribution in [2.24, 2.45) is 0 Å². The molecular formula is C20H20ClN3O3. The van der Waals surface area contributed by atoms with Gasteiger partial charge >= 0.3 is 6.03 Å². The summed E-state index contributed by atoms with van der Waals surface area (Å²) in [7, 11) is 0. The number of nitrogens with one attached hydrogen (secondary N) is 2. The third kappa shape index (κ3) is 3.80. The highest BCUT2D eigenvalue weighted by Crippen LogP contribution is 2.29. The van der Waals surface area contributed by atoms with Gasteiger partial charge in [0.05, 0.1) is 0 Å². The maximum atomic E-state index is 12.8. The quantitative estimate of drug-likeness (QED) is 0.775. The van der Waals surface area contributed by atoms with Crippen LogP contribution in [0.5, 0.6) is 0 Å². The first kappa shape index (κ1) is 18.9. The van der Waals surface area contributed by atoms with Gasteiger partial charge in [0.1, 0.15) is 12.1 Å². The molecule has 0 spiro atoms. The summed E-state index contributed by atoms with van der Waals surface area (Å²) in [5.41, 5.74) is 1.08. The Labute approximate surface area is 162 Å². The highest BCUT2D eigenvalue weighted by atomic mass is 35.5. The fourth-order valence-electron chi connectivity index (χ4n) is 3.03. The number of carbonyl (C=O) groups excluding carboxylic acids is 3. The molecule has 0 aliphatic carbocycles. The number of aryl methyl sites for hydroxylation is 1. The standard InChI is InChI=1S/C20H20ClN3O3/c1-3-13-5-4-6-16(11-13)22-17(25)12-24-18(26)20(2,23-19(24)27)14-7-9-15(21)10-8-14/h4-11H,3,12H2,1-2H3,(H,22,25)(H,23,27)/t20-/m1/s1. The van der Waals surface area contributed by atoms with Crippen molar-refractivity contribution in [1.82, 2.24) is 10.2 Å². The summed E-state index contributed by atoms with van der Waals surface area (Å²) in [4.78, 5) is 38.4. The lowest BCUT2D eigenvalue weighted by Crippen LogP contribution is -2.42. The zero-order valence-corrected chi connectivity index (χ0v) is 15.8. The number of imide groups is 1. The Morgan fingerprint density at radius 2 is 1.89 bits per heavy atom. The molecule has 7 heteroatoms. The predicted octanol–water partition coefficient (Wildman–Crippen LogP) is 3.31. The molecule has 1 heterocycles. The van der Waals surface area contributed by atoms with Crippen LogP contribution in [0.1, 0.15) is 25.0 Å². The second-order valence-electron chi connectivity index (χ2n) is 6.56. The van der Waals surface area contributed by atoms with Crippen LogP contribution in [0, 0.1) is 0 Å². The van der Waals surface area contributed by atoms with Crippen LogP contribution in [0.3, 0.4) is 0 Å². The Morgan fingerprint density at radius 1 is 1.19 bits per heavy atom. The number of halogens is 1. The monoisotopic (exact) mass is 385 g/mol. The van der Waals surface area contributed by atoms with Crippen molar-refractivity contribution in [3.05, 3.63) is 64.7 Å². The van der Waals surface area contributed by atoms with E-state index in [1.165, 1.54) is 0 Å².